The Hall–Kier alpha value is -0.980. The molecule has 0 aliphatic heterocycles. The number of hydrogen-bond acceptors (Lipinski definition) is 1. The number of aryl methyl sites for hydroxylation is 2. The van der Waals surface area contributed by atoms with Crippen LogP contribution in [0.25, 0.3) is 0 Å². The molecule has 1 aliphatic rings. The number of benzene rings is 1. The molecular weight excluding hydrogens is 148 g/mol. The number of rotatable bonds is 2. The van der Waals surface area contributed by atoms with E-state index in [2.05, 4.69) is 32.0 Å². The van der Waals surface area contributed by atoms with Gasteiger partial charge in [-0.15, -0.1) is 0 Å². The monoisotopic (exact) mass is 162 g/mol. The molecule has 0 aromatic heterocycles. The normalized spacial score (nSPS) is 13.9. The van der Waals surface area contributed by atoms with Gasteiger partial charge in [0.1, 0.15) is 5.75 Å². The molecule has 1 heteroatoms. The SMILES string of the molecule is CC(C)Oc1ccc2c(c1)CC2. The van der Waals surface area contributed by atoms with Gasteiger partial charge in [-0.25, -0.2) is 0 Å². The molecule has 1 nitrogen and oxygen atoms in total. The van der Waals surface area contributed by atoms with E-state index in [0.29, 0.717) is 0 Å². The van der Waals surface area contributed by atoms with Gasteiger partial charge >= 0.3 is 0 Å². The number of ether oxygens (including phenoxy) is 1. The summed E-state index contributed by atoms with van der Waals surface area (Å²) in [5.41, 5.74) is 2.96. The maximum atomic E-state index is 5.58. The Balaban J connectivity index is 2.18. The fraction of sp³-hybridized carbons (Fsp3) is 0.455. The molecule has 0 fully saturated rings. The van der Waals surface area contributed by atoms with Crippen LogP contribution in [0.2, 0.25) is 0 Å². The first kappa shape index (κ1) is 7.66. The van der Waals surface area contributed by atoms with Gasteiger partial charge in [-0.05, 0) is 49.9 Å². The summed E-state index contributed by atoms with van der Waals surface area (Å²) in [6.07, 6.45) is 2.75. The van der Waals surface area contributed by atoms with Crippen LogP contribution in [0.4, 0.5) is 0 Å². The molecule has 64 valence electrons. The highest BCUT2D eigenvalue weighted by Crippen LogP contribution is 2.27. The lowest BCUT2D eigenvalue weighted by Gasteiger charge is -2.20. The second kappa shape index (κ2) is 2.81. The molecule has 0 radical (unpaired) electrons. The first-order valence-corrected chi connectivity index (χ1v) is 4.54. The lowest BCUT2D eigenvalue weighted by molar-refractivity contribution is 0.242. The minimum atomic E-state index is 0.281. The third-order valence-electron chi connectivity index (χ3n) is 2.21. The Morgan fingerprint density at radius 3 is 2.42 bits per heavy atom. The molecule has 0 heterocycles. The van der Waals surface area contributed by atoms with E-state index < -0.39 is 0 Å². The molecule has 0 spiro atoms. The highest BCUT2D eigenvalue weighted by Gasteiger charge is 2.13. The van der Waals surface area contributed by atoms with Crippen LogP contribution in [-0.4, -0.2) is 6.10 Å². The zero-order valence-corrected chi connectivity index (χ0v) is 7.63. The van der Waals surface area contributed by atoms with E-state index in [0.717, 1.165) is 5.75 Å². The highest BCUT2D eigenvalue weighted by atomic mass is 16.5. The molecule has 0 N–H and O–H groups in total. The van der Waals surface area contributed by atoms with Gasteiger partial charge in [-0.3, -0.25) is 0 Å². The summed E-state index contributed by atoms with van der Waals surface area (Å²) in [5.74, 6) is 1.02. The lowest BCUT2D eigenvalue weighted by atomic mass is 9.89. The van der Waals surface area contributed by atoms with E-state index in [1.165, 1.54) is 24.0 Å². The van der Waals surface area contributed by atoms with Crippen LogP contribution >= 0.6 is 0 Å². The second-order valence-electron chi connectivity index (χ2n) is 3.60. The van der Waals surface area contributed by atoms with E-state index in [1.54, 1.807) is 0 Å². The van der Waals surface area contributed by atoms with E-state index in [1.807, 2.05) is 0 Å². The standard InChI is InChI=1S/C11H14O/c1-8(2)12-11-6-5-9-3-4-10(9)7-11/h5-8H,3-4H2,1-2H3. The molecule has 0 unspecified atom stereocenters. The molecular formula is C11H14O. The van der Waals surface area contributed by atoms with Crippen molar-refractivity contribution < 1.29 is 4.74 Å². The van der Waals surface area contributed by atoms with Crippen molar-refractivity contribution in [3.8, 4) is 5.75 Å². The maximum absolute atomic E-state index is 5.58. The summed E-state index contributed by atoms with van der Waals surface area (Å²) in [6.45, 7) is 4.11. The average molecular weight is 162 g/mol. The van der Waals surface area contributed by atoms with Gasteiger partial charge in [-0.2, -0.15) is 0 Å². The molecule has 0 saturated heterocycles. The van der Waals surface area contributed by atoms with Crippen LogP contribution < -0.4 is 4.74 Å². The minimum Gasteiger partial charge on any atom is -0.491 e. The lowest BCUT2D eigenvalue weighted by Crippen LogP contribution is -2.10. The Morgan fingerprint density at radius 2 is 1.92 bits per heavy atom. The Labute approximate surface area is 73.4 Å². The van der Waals surface area contributed by atoms with Crippen molar-refractivity contribution in [3.05, 3.63) is 29.3 Å². The molecule has 1 aliphatic carbocycles. The van der Waals surface area contributed by atoms with Gasteiger partial charge in [0, 0.05) is 0 Å². The molecule has 1 aromatic carbocycles. The van der Waals surface area contributed by atoms with Crippen molar-refractivity contribution in [1.29, 1.82) is 0 Å². The van der Waals surface area contributed by atoms with Crippen LogP contribution in [0.1, 0.15) is 25.0 Å². The highest BCUT2D eigenvalue weighted by molar-refractivity contribution is 5.41. The number of hydrogen-bond donors (Lipinski definition) is 0. The molecule has 0 saturated carbocycles. The predicted molar refractivity (Wildman–Crippen MR) is 49.6 cm³/mol. The van der Waals surface area contributed by atoms with Crippen LogP contribution in [0.15, 0.2) is 18.2 Å². The quantitative estimate of drug-likeness (QED) is 0.649. The first-order valence-electron chi connectivity index (χ1n) is 4.54. The van der Waals surface area contributed by atoms with Crippen LogP contribution in [0.5, 0.6) is 5.75 Å². The summed E-state index contributed by atoms with van der Waals surface area (Å²) in [7, 11) is 0. The molecule has 1 aromatic rings. The third kappa shape index (κ3) is 1.31. The molecule has 2 rings (SSSR count). The summed E-state index contributed by atoms with van der Waals surface area (Å²) in [5, 5.41) is 0. The first-order chi connectivity index (χ1) is 5.75. The predicted octanol–water partition coefficient (Wildman–Crippen LogP) is 2.57. The molecule has 0 bridgehead atoms. The van der Waals surface area contributed by atoms with Gasteiger partial charge in [-0.1, -0.05) is 6.07 Å². The van der Waals surface area contributed by atoms with Crippen LogP contribution in [0, 0.1) is 0 Å². The third-order valence-corrected chi connectivity index (χ3v) is 2.21. The van der Waals surface area contributed by atoms with Crippen molar-refractivity contribution in [1.82, 2.24) is 0 Å². The van der Waals surface area contributed by atoms with Crippen LogP contribution in [0.3, 0.4) is 0 Å². The fourth-order valence-electron chi connectivity index (χ4n) is 1.52. The largest absolute Gasteiger partial charge is 0.491 e. The molecule has 0 atom stereocenters. The van der Waals surface area contributed by atoms with Crippen molar-refractivity contribution in [2.24, 2.45) is 0 Å². The van der Waals surface area contributed by atoms with Crippen LogP contribution in [-0.2, 0) is 12.8 Å². The molecule has 0 amide bonds. The topological polar surface area (TPSA) is 9.23 Å². The zero-order chi connectivity index (χ0) is 8.55. The minimum absolute atomic E-state index is 0.281. The second-order valence-corrected chi connectivity index (χ2v) is 3.60. The van der Waals surface area contributed by atoms with E-state index in [-0.39, 0.29) is 6.10 Å². The smallest absolute Gasteiger partial charge is 0.119 e. The van der Waals surface area contributed by atoms with Crippen molar-refractivity contribution in [2.45, 2.75) is 32.8 Å². The molecule has 12 heavy (non-hydrogen) atoms. The Morgan fingerprint density at radius 1 is 1.17 bits per heavy atom. The Kier molecular flexibility index (Phi) is 1.80. The van der Waals surface area contributed by atoms with E-state index in [4.69, 9.17) is 4.74 Å². The summed E-state index contributed by atoms with van der Waals surface area (Å²) in [4.78, 5) is 0. The van der Waals surface area contributed by atoms with Gasteiger partial charge in [0.25, 0.3) is 0 Å². The Bertz CT molecular complexity index is 289. The number of fused-ring (bicyclic) bond motifs is 1. The average Bonchev–Trinajstić information content (AvgIpc) is 1.94. The summed E-state index contributed by atoms with van der Waals surface area (Å²) >= 11 is 0. The summed E-state index contributed by atoms with van der Waals surface area (Å²) < 4.78 is 5.58. The zero-order valence-electron chi connectivity index (χ0n) is 7.63. The van der Waals surface area contributed by atoms with Gasteiger partial charge in [0.15, 0.2) is 0 Å². The van der Waals surface area contributed by atoms with E-state index in [9.17, 15) is 0 Å². The fourth-order valence-corrected chi connectivity index (χ4v) is 1.52. The van der Waals surface area contributed by atoms with Gasteiger partial charge < -0.3 is 4.74 Å². The van der Waals surface area contributed by atoms with E-state index >= 15 is 0 Å². The van der Waals surface area contributed by atoms with Gasteiger partial charge in [0.2, 0.25) is 0 Å². The van der Waals surface area contributed by atoms with Crippen molar-refractivity contribution >= 4 is 0 Å². The maximum Gasteiger partial charge on any atom is 0.119 e. The van der Waals surface area contributed by atoms with Crippen molar-refractivity contribution in [3.63, 3.8) is 0 Å². The van der Waals surface area contributed by atoms with Crippen molar-refractivity contribution in [2.75, 3.05) is 0 Å². The summed E-state index contributed by atoms with van der Waals surface area (Å²) in [6, 6.07) is 6.41. The van der Waals surface area contributed by atoms with Gasteiger partial charge in [0.05, 0.1) is 6.10 Å².